The molecule has 2 rings (SSSR count). The van der Waals surface area contributed by atoms with Crippen LogP contribution in [-0.4, -0.2) is 37.1 Å². The minimum absolute atomic E-state index is 0.749. The smallest absolute Gasteiger partial charge is 0.00413 e. The average molecular weight is 224 g/mol. The Morgan fingerprint density at radius 1 is 1.19 bits per heavy atom. The molecule has 2 fully saturated rings. The Balaban J connectivity index is 1.39. The molecule has 1 unspecified atom stereocenters. The Morgan fingerprint density at radius 2 is 1.94 bits per heavy atom. The molecule has 0 amide bonds. The van der Waals surface area contributed by atoms with Gasteiger partial charge in [0.15, 0.2) is 0 Å². The highest BCUT2D eigenvalue weighted by Crippen LogP contribution is 2.33. The Labute approximate surface area is 101 Å². The molecule has 0 aromatic heterocycles. The summed E-state index contributed by atoms with van der Waals surface area (Å²) in [6.45, 7) is 7.61. The lowest BCUT2D eigenvalue weighted by atomic mass is 10.1. The molecule has 0 spiro atoms. The number of nitrogens with zero attached hydrogens (tertiary/aromatic N) is 1. The van der Waals surface area contributed by atoms with E-state index in [1.165, 1.54) is 71.1 Å². The number of hydrogen-bond donors (Lipinski definition) is 1. The molecule has 0 aromatic carbocycles. The van der Waals surface area contributed by atoms with Crippen LogP contribution < -0.4 is 5.32 Å². The van der Waals surface area contributed by atoms with Crippen molar-refractivity contribution in [1.82, 2.24) is 10.2 Å². The van der Waals surface area contributed by atoms with E-state index in [1.54, 1.807) is 0 Å². The number of hydrogen-bond acceptors (Lipinski definition) is 2. The molecule has 1 saturated carbocycles. The maximum atomic E-state index is 3.66. The molecule has 2 aliphatic rings. The van der Waals surface area contributed by atoms with Gasteiger partial charge in [0.1, 0.15) is 0 Å². The molecule has 2 nitrogen and oxygen atoms in total. The van der Waals surface area contributed by atoms with Gasteiger partial charge in [-0.1, -0.05) is 12.8 Å². The van der Waals surface area contributed by atoms with Crippen LogP contribution in [-0.2, 0) is 0 Å². The largest absolute Gasteiger partial charge is 0.314 e. The third-order valence-corrected chi connectivity index (χ3v) is 3.98. The minimum Gasteiger partial charge on any atom is -0.314 e. The van der Waals surface area contributed by atoms with E-state index in [2.05, 4.69) is 17.1 Å². The van der Waals surface area contributed by atoms with Crippen molar-refractivity contribution in [3.05, 3.63) is 0 Å². The first-order valence-electron chi connectivity index (χ1n) is 7.30. The van der Waals surface area contributed by atoms with Crippen LogP contribution >= 0.6 is 0 Å². The Hall–Kier alpha value is -0.0800. The summed E-state index contributed by atoms with van der Waals surface area (Å²) >= 11 is 0. The van der Waals surface area contributed by atoms with Gasteiger partial charge in [-0.15, -0.1) is 0 Å². The van der Waals surface area contributed by atoms with Crippen molar-refractivity contribution in [2.45, 2.75) is 57.9 Å². The zero-order chi connectivity index (χ0) is 11.2. The van der Waals surface area contributed by atoms with Crippen LogP contribution in [0.4, 0.5) is 0 Å². The maximum Gasteiger partial charge on any atom is 0.00413 e. The summed E-state index contributed by atoms with van der Waals surface area (Å²) in [5.74, 6) is 1.06. The van der Waals surface area contributed by atoms with Gasteiger partial charge in [0.05, 0.1) is 0 Å². The van der Waals surface area contributed by atoms with E-state index in [1.807, 2.05) is 0 Å². The van der Waals surface area contributed by atoms with Crippen molar-refractivity contribution in [2.75, 3.05) is 26.2 Å². The van der Waals surface area contributed by atoms with Crippen molar-refractivity contribution >= 4 is 0 Å². The molecule has 0 bridgehead atoms. The molecule has 1 atom stereocenters. The second-order valence-electron chi connectivity index (χ2n) is 5.79. The fourth-order valence-corrected chi connectivity index (χ4v) is 2.75. The first-order valence-corrected chi connectivity index (χ1v) is 7.30. The fourth-order valence-electron chi connectivity index (χ4n) is 2.75. The second-order valence-corrected chi connectivity index (χ2v) is 5.79. The fraction of sp³-hybridized carbons (Fsp3) is 1.00. The van der Waals surface area contributed by atoms with Crippen LogP contribution in [0.2, 0.25) is 0 Å². The van der Waals surface area contributed by atoms with E-state index in [0.29, 0.717) is 0 Å². The number of rotatable bonds is 8. The van der Waals surface area contributed by atoms with Crippen molar-refractivity contribution in [2.24, 2.45) is 5.92 Å². The van der Waals surface area contributed by atoms with E-state index in [9.17, 15) is 0 Å². The molecule has 1 saturated heterocycles. The molecular weight excluding hydrogens is 196 g/mol. The molecule has 1 heterocycles. The van der Waals surface area contributed by atoms with Crippen LogP contribution in [0.25, 0.3) is 0 Å². The normalized spacial score (nSPS) is 23.8. The lowest BCUT2D eigenvalue weighted by Crippen LogP contribution is -2.28. The zero-order valence-corrected chi connectivity index (χ0v) is 10.9. The van der Waals surface area contributed by atoms with E-state index >= 15 is 0 Å². The Kier molecular flexibility index (Phi) is 5.11. The lowest BCUT2D eigenvalue weighted by Gasteiger charge is -2.16. The van der Waals surface area contributed by atoms with Gasteiger partial charge in [-0.3, -0.25) is 0 Å². The molecule has 1 aliphatic heterocycles. The maximum absolute atomic E-state index is 3.66. The first kappa shape index (κ1) is 12.4. The summed E-state index contributed by atoms with van der Waals surface area (Å²) in [5.41, 5.74) is 0. The topological polar surface area (TPSA) is 15.3 Å². The number of unbranched alkanes of at least 4 members (excludes halogenated alkanes) is 1. The van der Waals surface area contributed by atoms with Crippen molar-refractivity contribution in [3.8, 4) is 0 Å². The molecule has 0 aromatic rings. The van der Waals surface area contributed by atoms with Gasteiger partial charge in [0, 0.05) is 6.04 Å². The van der Waals surface area contributed by atoms with Gasteiger partial charge in [-0.2, -0.15) is 0 Å². The van der Waals surface area contributed by atoms with Gasteiger partial charge in [0.2, 0.25) is 0 Å². The van der Waals surface area contributed by atoms with Crippen molar-refractivity contribution in [3.63, 3.8) is 0 Å². The summed E-state index contributed by atoms with van der Waals surface area (Å²) in [6.07, 6.45) is 9.97. The summed E-state index contributed by atoms with van der Waals surface area (Å²) in [5, 5.41) is 3.66. The summed E-state index contributed by atoms with van der Waals surface area (Å²) in [4.78, 5) is 2.62. The van der Waals surface area contributed by atoms with Crippen LogP contribution in [0.15, 0.2) is 0 Å². The highest BCUT2D eigenvalue weighted by molar-refractivity contribution is 4.77. The predicted octanol–water partition coefficient (Wildman–Crippen LogP) is 2.64. The molecule has 1 N–H and O–H groups in total. The van der Waals surface area contributed by atoms with Crippen molar-refractivity contribution in [1.29, 1.82) is 0 Å². The van der Waals surface area contributed by atoms with Crippen LogP contribution in [0.3, 0.4) is 0 Å². The van der Waals surface area contributed by atoms with E-state index in [-0.39, 0.29) is 0 Å². The standard InChI is InChI=1S/C14H28N2/c1-13(12-14-6-7-14)15-8-2-3-9-16-10-4-5-11-16/h13-15H,2-12H2,1H3. The molecule has 16 heavy (non-hydrogen) atoms. The third kappa shape index (κ3) is 4.84. The number of likely N-dealkylation sites (tertiary alicyclic amines) is 1. The van der Waals surface area contributed by atoms with Crippen LogP contribution in [0.5, 0.6) is 0 Å². The average Bonchev–Trinajstić information content (AvgIpc) is 2.93. The molecule has 2 heteroatoms. The molecule has 0 radical (unpaired) electrons. The Bertz CT molecular complexity index is 183. The highest BCUT2D eigenvalue weighted by atomic mass is 15.1. The molecular formula is C14H28N2. The molecule has 1 aliphatic carbocycles. The third-order valence-electron chi connectivity index (χ3n) is 3.98. The predicted molar refractivity (Wildman–Crippen MR) is 69.7 cm³/mol. The minimum atomic E-state index is 0.749. The zero-order valence-electron chi connectivity index (χ0n) is 10.9. The highest BCUT2D eigenvalue weighted by Gasteiger charge is 2.23. The first-order chi connectivity index (χ1) is 7.84. The van der Waals surface area contributed by atoms with E-state index in [4.69, 9.17) is 0 Å². The van der Waals surface area contributed by atoms with E-state index in [0.717, 1.165) is 12.0 Å². The van der Waals surface area contributed by atoms with Crippen LogP contribution in [0.1, 0.15) is 51.9 Å². The van der Waals surface area contributed by atoms with Crippen LogP contribution in [0, 0.1) is 5.92 Å². The monoisotopic (exact) mass is 224 g/mol. The number of nitrogens with one attached hydrogen (secondary N) is 1. The summed E-state index contributed by atoms with van der Waals surface area (Å²) < 4.78 is 0. The Morgan fingerprint density at radius 3 is 2.62 bits per heavy atom. The van der Waals surface area contributed by atoms with Crippen molar-refractivity contribution < 1.29 is 0 Å². The SMILES string of the molecule is CC(CC1CC1)NCCCCN1CCCC1. The lowest BCUT2D eigenvalue weighted by molar-refractivity contribution is 0.327. The quantitative estimate of drug-likeness (QED) is 0.638. The van der Waals surface area contributed by atoms with Gasteiger partial charge in [0.25, 0.3) is 0 Å². The summed E-state index contributed by atoms with van der Waals surface area (Å²) in [6, 6.07) is 0.749. The molecule has 94 valence electrons. The van der Waals surface area contributed by atoms with E-state index < -0.39 is 0 Å². The van der Waals surface area contributed by atoms with Gasteiger partial charge in [-0.05, 0) is 71.1 Å². The van der Waals surface area contributed by atoms with Gasteiger partial charge >= 0.3 is 0 Å². The van der Waals surface area contributed by atoms with Gasteiger partial charge < -0.3 is 10.2 Å². The van der Waals surface area contributed by atoms with Gasteiger partial charge in [-0.25, -0.2) is 0 Å². The summed E-state index contributed by atoms with van der Waals surface area (Å²) in [7, 11) is 0. The second kappa shape index (κ2) is 6.61.